The molecule has 28 heavy (non-hydrogen) atoms. The van der Waals surface area contributed by atoms with Gasteiger partial charge < -0.3 is 9.40 Å². The summed E-state index contributed by atoms with van der Waals surface area (Å²) in [6, 6.07) is 3.89. The van der Waals surface area contributed by atoms with Gasteiger partial charge in [0.05, 0.1) is 22.9 Å². The van der Waals surface area contributed by atoms with E-state index in [-0.39, 0.29) is 16.9 Å². The third kappa shape index (κ3) is 3.29. The summed E-state index contributed by atoms with van der Waals surface area (Å²) < 4.78 is 5.76. The molecule has 0 atom stereocenters. The minimum Gasteiger partial charge on any atom is -0.464 e. The van der Waals surface area contributed by atoms with Gasteiger partial charge in [0.1, 0.15) is 11.4 Å². The Kier molecular flexibility index (Phi) is 4.67. The van der Waals surface area contributed by atoms with Crippen molar-refractivity contribution in [1.29, 1.82) is 0 Å². The molecule has 0 amide bonds. The first kappa shape index (κ1) is 18.6. The molecule has 0 unspecified atom stereocenters. The first-order valence-corrected chi connectivity index (χ1v) is 9.69. The monoisotopic (exact) mass is 379 g/mol. The van der Waals surface area contributed by atoms with Crippen molar-refractivity contribution < 1.29 is 4.42 Å². The van der Waals surface area contributed by atoms with E-state index in [1.807, 2.05) is 39.8 Å². The van der Waals surface area contributed by atoms with Gasteiger partial charge in [0.15, 0.2) is 5.43 Å². The predicted octanol–water partition coefficient (Wildman–Crippen LogP) is 3.17. The number of nitrogens with one attached hydrogen (secondary N) is 1. The fraction of sp³-hybridized carbons (Fsp3) is 0.409. The Morgan fingerprint density at radius 3 is 2.79 bits per heavy atom. The molecule has 0 saturated heterocycles. The van der Waals surface area contributed by atoms with Gasteiger partial charge in [-0.25, -0.2) is 4.98 Å². The maximum absolute atomic E-state index is 13.0. The van der Waals surface area contributed by atoms with Gasteiger partial charge in [-0.2, -0.15) is 0 Å². The van der Waals surface area contributed by atoms with Crippen LogP contribution in [0, 0.1) is 13.8 Å². The zero-order valence-electron chi connectivity index (χ0n) is 16.8. The molecular weight excluding hydrogens is 354 g/mol. The lowest BCUT2D eigenvalue weighted by atomic mass is 10.0. The maximum atomic E-state index is 13.0. The molecule has 146 valence electrons. The van der Waals surface area contributed by atoms with Crippen LogP contribution in [0.15, 0.2) is 32.4 Å². The first-order valence-electron chi connectivity index (χ1n) is 9.69. The van der Waals surface area contributed by atoms with E-state index >= 15 is 0 Å². The van der Waals surface area contributed by atoms with Crippen molar-refractivity contribution in [3.63, 3.8) is 0 Å². The molecule has 6 heteroatoms. The van der Waals surface area contributed by atoms with Gasteiger partial charge in [-0.1, -0.05) is 19.9 Å². The van der Waals surface area contributed by atoms with E-state index < -0.39 is 0 Å². The molecular formula is C22H25N3O3. The number of fused-ring (bicyclic) bond motifs is 2. The van der Waals surface area contributed by atoms with Gasteiger partial charge in [0, 0.05) is 37.5 Å². The molecule has 0 spiro atoms. The van der Waals surface area contributed by atoms with Crippen LogP contribution in [0.25, 0.3) is 11.0 Å². The standard InChI is InChI=1S/C22H25N3O3/c1-12(2)21-23-17-5-6-25(10-16(17)22(27)24-21)9-15-11-28-18-8-13(3)7-14(4)19(18)20(15)26/h7-8,11-12H,5-6,9-10H2,1-4H3,(H,23,24,27). The van der Waals surface area contributed by atoms with Gasteiger partial charge in [0.25, 0.3) is 5.56 Å². The van der Waals surface area contributed by atoms with Crippen molar-refractivity contribution in [3.8, 4) is 0 Å². The van der Waals surface area contributed by atoms with Gasteiger partial charge in [-0.15, -0.1) is 0 Å². The molecule has 1 aliphatic rings. The van der Waals surface area contributed by atoms with Crippen LogP contribution in [-0.4, -0.2) is 21.4 Å². The topological polar surface area (TPSA) is 79.2 Å². The number of H-pyrrole nitrogens is 1. The summed E-state index contributed by atoms with van der Waals surface area (Å²) in [5.41, 5.74) is 4.75. The lowest BCUT2D eigenvalue weighted by molar-refractivity contribution is 0.239. The molecule has 0 aliphatic carbocycles. The number of aryl methyl sites for hydroxylation is 2. The van der Waals surface area contributed by atoms with Gasteiger partial charge in [0.2, 0.25) is 0 Å². The quantitative estimate of drug-likeness (QED) is 0.756. The van der Waals surface area contributed by atoms with Crippen LogP contribution in [0.5, 0.6) is 0 Å². The Hall–Kier alpha value is -2.73. The molecule has 3 heterocycles. The van der Waals surface area contributed by atoms with Crippen LogP contribution in [0.4, 0.5) is 0 Å². The largest absolute Gasteiger partial charge is 0.464 e. The van der Waals surface area contributed by atoms with Crippen molar-refractivity contribution >= 4 is 11.0 Å². The maximum Gasteiger partial charge on any atom is 0.255 e. The van der Waals surface area contributed by atoms with Crippen molar-refractivity contribution in [2.24, 2.45) is 0 Å². The molecule has 3 aromatic rings. The van der Waals surface area contributed by atoms with Gasteiger partial charge in [-0.05, 0) is 31.0 Å². The second-order valence-corrected chi connectivity index (χ2v) is 8.04. The Morgan fingerprint density at radius 1 is 1.25 bits per heavy atom. The molecule has 4 rings (SSSR count). The third-order valence-electron chi connectivity index (χ3n) is 5.40. The van der Waals surface area contributed by atoms with E-state index in [4.69, 9.17) is 4.42 Å². The van der Waals surface area contributed by atoms with E-state index in [1.165, 1.54) is 0 Å². The summed E-state index contributed by atoms with van der Waals surface area (Å²) in [5, 5.41) is 0.640. The van der Waals surface area contributed by atoms with E-state index in [2.05, 4.69) is 14.9 Å². The SMILES string of the molecule is Cc1cc(C)c2c(=O)c(CN3CCc4nc(C(C)C)[nH]c(=O)c4C3)coc2c1. The summed E-state index contributed by atoms with van der Waals surface area (Å²) in [7, 11) is 0. The molecule has 6 nitrogen and oxygen atoms in total. The van der Waals surface area contributed by atoms with Crippen LogP contribution in [0.1, 0.15) is 53.5 Å². The molecule has 1 N–H and O–H groups in total. The zero-order chi connectivity index (χ0) is 20.0. The lowest BCUT2D eigenvalue weighted by Gasteiger charge is -2.27. The number of nitrogens with zero attached hydrogens (tertiary/aromatic N) is 2. The molecule has 0 radical (unpaired) electrons. The third-order valence-corrected chi connectivity index (χ3v) is 5.40. The van der Waals surface area contributed by atoms with E-state index in [9.17, 15) is 9.59 Å². The minimum atomic E-state index is -0.0738. The number of hydrogen-bond acceptors (Lipinski definition) is 5. The highest BCUT2D eigenvalue weighted by atomic mass is 16.3. The summed E-state index contributed by atoms with van der Waals surface area (Å²) in [6.07, 6.45) is 2.26. The average Bonchev–Trinajstić information content (AvgIpc) is 2.63. The Bertz CT molecular complexity index is 1170. The van der Waals surface area contributed by atoms with Gasteiger partial charge >= 0.3 is 0 Å². The van der Waals surface area contributed by atoms with Crippen molar-refractivity contribution in [2.45, 2.75) is 53.1 Å². The predicted molar refractivity (Wildman–Crippen MR) is 109 cm³/mol. The van der Waals surface area contributed by atoms with Crippen molar-refractivity contribution in [2.75, 3.05) is 6.54 Å². The van der Waals surface area contributed by atoms with E-state index in [1.54, 1.807) is 6.26 Å². The molecule has 0 bridgehead atoms. The van der Waals surface area contributed by atoms with Crippen LogP contribution < -0.4 is 11.0 Å². The van der Waals surface area contributed by atoms with E-state index in [0.29, 0.717) is 41.6 Å². The second kappa shape index (κ2) is 7.02. The van der Waals surface area contributed by atoms with Crippen molar-refractivity contribution in [3.05, 3.63) is 72.7 Å². The van der Waals surface area contributed by atoms with Gasteiger partial charge in [-0.3, -0.25) is 14.5 Å². The van der Waals surface area contributed by atoms with Crippen LogP contribution in [0.2, 0.25) is 0 Å². The number of benzene rings is 1. The summed E-state index contributed by atoms with van der Waals surface area (Å²) in [4.78, 5) is 35.1. The lowest BCUT2D eigenvalue weighted by Crippen LogP contribution is -2.36. The summed E-state index contributed by atoms with van der Waals surface area (Å²) in [5.74, 6) is 0.920. The molecule has 0 saturated carbocycles. The Morgan fingerprint density at radius 2 is 2.04 bits per heavy atom. The first-order chi connectivity index (χ1) is 13.3. The second-order valence-electron chi connectivity index (χ2n) is 8.04. The molecule has 0 fully saturated rings. The van der Waals surface area contributed by atoms with E-state index in [0.717, 1.165) is 29.2 Å². The highest BCUT2D eigenvalue weighted by Gasteiger charge is 2.23. The fourth-order valence-corrected chi connectivity index (χ4v) is 3.92. The molecule has 2 aromatic heterocycles. The molecule has 1 aliphatic heterocycles. The fourth-order valence-electron chi connectivity index (χ4n) is 3.92. The Balaban J connectivity index is 1.64. The van der Waals surface area contributed by atoms with Crippen LogP contribution >= 0.6 is 0 Å². The normalized spacial score (nSPS) is 14.6. The number of hydrogen-bond donors (Lipinski definition) is 1. The zero-order valence-corrected chi connectivity index (χ0v) is 16.8. The van der Waals surface area contributed by atoms with Crippen LogP contribution in [0.3, 0.4) is 0 Å². The smallest absolute Gasteiger partial charge is 0.255 e. The highest BCUT2D eigenvalue weighted by Crippen LogP contribution is 2.21. The number of aromatic amines is 1. The summed E-state index contributed by atoms with van der Waals surface area (Å²) in [6.45, 7) is 9.65. The van der Waals surface area contributed by atoms with Crippen LogP contribution in [-0.2, 0) is 19.5 Å². The summed E-state index contributed by atoms with van der Waals surface area (Å²) >= 11 is 0. The average molecular weight is 379 g/mol. The Labute approximate surface area is 163 Å². The highest BCUT2D eigenvalue weighted by molar-refractivity contribution is 5.81. The number of aromatic nitrogens is 2. The minimum absolute atomic E-state index is 0.00624. The number of rotatable bonds is 3. The van der Waals surface area contributed by atoms with Crippen molar-refractivity contribution in [1.82, 2.24) is 14.9 Å². The molecule has 1 aromatic carbocycles.